The van der Waals surface area contributed by atoms with Crippen molar-refractivity contribution in [2.24, 2.45) is 0 Å². The Kier molecular flexibility index (Phi) is 8.78. The highest BCUT2D eigenvalue weighted by Crippen LogP contribution is 2.13. The lowest BCUT2D eigenvalue weighted by Crippen LogP contribution is -2.44. The van der Waals surface area contributed by atoms with Crippen LogP contribution in [0, 0.1) is 0 Å². The Labute approximate surface area is 154 Å². The lowest BCUT2D eigenvalue weighted by atomic mass is 10.0. The van der Waals surface area contributed by atoms with Gasteiger partial charge < -0.3 is 15.0 Å². The molecular weight excluding hydrogens is 368 g/mol. The lowest BCUT2D eigenvalue weighted by Gasteiger charge is -2.32. The van der Waals surface area contributed by atoms with Gasteiger partial charge in [-0.25, -0.2) is 0 Å². The molecule has 1 aromatic carbocycles. The maximum absolute atomic E-state index is 12.1. The number of rotatable bonds is 9. The summed E-state index contributed by atoms with van der Waals surface area (Å²) >= 11 is 3.43. The first-order valence-electron chi connectivity index (χ1n) is 8.92. The molecule has 2 rings (SSSR count). The summed E-state index contributed by atoms with van der Waals surface area (Å²) in [5.74, 6) is 0.177. The Morgan fingerprint density at radius 2 is 1.96 bits per heavy atom. The van der Waals surface area contributed by atoms with Crippen LogP contribution >= 0.6 is 15.9 Å². The molecule has 1 saturated heterocycles. The Morgan fingerprint density at radius 3 is 2.62 bits per heavy atom. The van der Waals surface area contributed by atoms with Gasteiger partial charge in [-0.05, 0) is 56.3 Å². The summed E-state index contributed by atoms with van der Waals surface area (Å²) in [6, 6.07) is 8.53. The molecule has 1 aromatic rings. The van der Waals surface area contributed by atoms with Gasteiger partial charge in [-0.15, -0.1) is 0 Å². The average molecular weight is 397 g/mol. The second kappa shape index (κ2) is 10.9. The van der Waals surface area contributed by atoms with E-state index in [1.54, 1.807) is 7.11 Å². The number of halogens is 1. The summed E-state index contributed by atoms with van der Waals surface area (Å²) in [5, 5.41) is 3.20. The van der Waals surface area contributed by atoms with Crippen LogP contribution in [0.3, 0.4) is 0 Å². The smallest absolute Gasteiger partial charge is 0.220 e. The molecule has 1 fully saturated rings. The van der Waals surface area contributed by atoms with Crippen molar-refractivity contribution in [1.29, 1.82) is 0 Å². The van der Waals surface area contributed by atoms with E-state index in [2.05, 4.69) is 38.3 Å². The molecule has 4 nitrogen and oxygen atoms in total. The fourth-order valence-corrected chi connectivity index (χ4v) is 3.36. The van der Waals surface area contributed by atoms with Crippen LogP contribution in [-0.2, 0) is 16.0 Å². The van der Waals surface area contributed by atoms with E-state index in [4.69, 9.17) is 4.74 Å². The summed E-state index contributed by atoms with van der Waals surface area (Å²) < 4.78 is 6.16. The van der Waals surface area contributed by atoms with Gasteiger partial charge in [0.1, 0.15) is 0 Å². The van der Waals surface area contributed by atoms with Gasteiger partial charge in [-0.1, -0.05) is 28.1 Å². The number of hydrogen-bond donors (Lipinski definition) is 1. The van der Waals surface area contributed by atoms with Crippen LogP contribution < -0.4 is 5.32 Å². The molecule has 5 heteroatoms. The van der Waals surface area contributed by atoms with Crippen molar-refractivity contribution in [3.63, 3.8) is 0 Å². The van der Waals surface area contributed by atoms with Gasteiger partial charge in [-0.3, -0.25) is 4.79 Å². The van der Waals surface area contributed by atoms with Crippen LogP contribution in [0.25, 0.3) is 0 Å². The van der Waals surface area contributed by atoms with Gasteiger partial charge in [0.25, 0.3) is 0 Å². The van der Waals surface area contributed by atoms with E-state index in [0.717, 1.165) is 56.4 Å². The molecule has 0 unspecified atom stereocenters. The van der Waals surface area contributed by atoms with Crippen molar-refractivity contribution < 1.29 is 9.53 Å². The molecule has 0 bridgehead atoms. The topological polar surface area (TPSA) is 41.6 Å². The minimum atomic E-state index is 0.177. The predicted molar refractivity (Wildman–Crippen MR) is 101 cm³/mol. The quantitative estimate of drug-likeness (QED) is 0.650. The highest BCUT2D eigenvalue weighted by atomic mass is 79.9. The highest BCUT2D eigenvalue weighted by Gasteiger charge is 2.20. The number of carbonyl (C=O) groups excluding carboxylic acids is 1. The van der Waals surface area contributed by atoms with Gasteiger partial charge in [0, 0.05) is 43.7 Å². The van der Waals surface area contributed by atoms with E-state index < -0.39 is 0 Å². The Bertz CT molecular complexity index is 485. The van der Waals surface area contributed by atoms with Gasteiger partial charge in [0.15, 0.2) is 0 Å². The molecule has 0 atom stereocenters. The van der Waals surface area contributed by atoms with Crippen molar-refractivity contribution >= 4 is 21.8 Å². The third-order valence-electron chi connectivity index (χ3n) is 4.58. The van der Waals surface area contributed by atoms with E-state index in [1.165, 1.54) is 12.0 Å². The molecule has 24 heavy (non-hydrogen) atoms. The third kappa shape index (κ3) is 7.32. The third-order valence-corrected chi connectivity index (χ3v) is 5.11. The number of ether oxygens (including phenoxy) is 1. The Morgan fingerprint density at radius 1 is 1.25 bits per heavy atom. The van der Waals surface area contributed by atoms with Crippen LogP contribution in [0.5, 0.6) is 0 Å². The highest BCUT2D eigenvalue weighted by molar-refractivity contribution is 9.10. The van der Waals surface area contributed by atoms with Gasteiger partial charge >= 0.3 is 0 Å². The molecule has 1 aliphatic rings. The molecule has 1 aliphatic heterocycles. The van der Waals surface area contributed by atoms with Crippen LogP contribution in [0.4, 0.5) is 0 Å². The lowest BCUT2D eigenvalue weighted by molar-refractivity contribution is -0.122. The monoisotopic (exact) mass is 396 g/mol. The van der Waals surface area contributed by atoms with Crippen molar-refractivity contribution in [2.75, 3.05) is 33.4 Å². The molecule has 0 radical (unpaired) electrons. The predicted octanol–water partition coefficient (Wildman–Crippen LogP) is 3.39. The number of methoxy groups -OCH3 is 1. The average Bonchev–Trinajstić information content (AvgIpc) is 2.60. The van der Waals surface area contributed by atoms with E-state index in [0.29, 0.717) is 12.5 Å². The number of nitrogens with zero attached hydrogens (tertiary/aromatic N) is 1. The number of unbranched alkanes of at least 4 members (excludes halogenated alkanes) is 1. The number of aryl methyl sites for hydroxylation is 1. The standard InChI is InChI=1S/C19H29BrN2O2/c1-24-15-3-2-12-22-13-10-18(11-14-22)21-19(23)9-6-16-4-7-17(20)8-5-16/h4-5,7-8,18H,2-3,6,9-15H2,1H3,(H,21,23). The van der Waals surface area contributed by atoms with E-state index >= 15 is 0 Å². The summed E-state index contributed by atoms with van der Waals surface area (Å²) in [5.41, 5.74) is 1.21. The number of carbonyl (C=O) groups is 1. The second-order valence-corrected chi connectivity index (χ2v) is 7.43. The first-order chi connectivity index (χ1) is 11.7. The zero-order chi connectivity index (χ0) is 17.2. The zero-order valence-corrected chi connectivity index (χ0v) is 16.2. The van der Waals surface area contributed by atoms with Crippen molar-refractivity contribution in [3.8, 4) is 0 Å². The van der Waals surface area contributed by atoms with Gasteiger partial charge in [0.05, 0.1) is 0 Å². The Balaban J connectivity index is 1.59. The molecule has 134 valence electrons. The molecular formula is C19H29BrN2O2. The second-order valence-electron chi connectivity index (χ2n) is 6.51. The normalized spacial score (nSPS) is 16.2. The number of nitrogens with one attached hydrogen (secondary N) is 1. The summed E-state index contributed by atoms with van der Waals surface area (Å²) in [4.78, 5) is 14.6. The van der Waals surface area contributed by atoms with Crippen molar-refractivity contribution in [1.82, 2.24) is 10.2 Å². The molecule has 1 heterocycles. The first kappa shape index (κ1) is 19.4. The van der Waals surface area contributed by atoms with E-state index in [1.807, 2.05) is 12.1 Å². The number of benzene rings is 1. The van der Waals surface area contributed by atoms with Gasteiger partial charge in [0.2, 0.25) is 5.91 Å². The number of piperidine rings is 1. The van der Waals surface area contributed by atoms with Crippen LogP contribution in [-0.4, -0.2) is 50.2 Å². The van der Waals surface area contributed by atoms with Crippen LogP contribution in [0.2, 0.25) is 0 Å². The number of likely N-dealkylation sites (tertiary alicyclic amines) is 1. The number of hydrogen-bond acceptors (Lipinski definition) is 3. The first-order valence-corrected chi connectivity index (χ1v) is 9.72. The summed E-state index contributed by atoms with van der Waals surface area (Å²) in [6.07, 6.45) is 5.82. The summed E-state index contributed by atoms with van der Waals surface area (Å²) in [6.45, 7) is 4.17. The molecule has 0 aliphatic carbocycles. The SMILES string of the molecule is COCCCCN1CCC(NC(=O)CCc2ccc(Br)cc2)CC1. The molecule has 0 saturated carbocycles. The molecule has 0 aromatic heterocycles. The fraction of sp³-hybridized carbons (Fsp3) is 0.632. The fourth-order valence-electron chi connectivity index (χ4n) is 3.09. The van der Waals surface area contributed by atoms with Crippen molar-refractivity contribution in [3.05, 3.63) is 34.3 Å². The maximum atomic E-state index is 12.1. The molecule has 1 N–H and O–H groups in total. The zero-order valence-electron chi connectivity index (χ0n) is 14.6. The van der Waals surface area contributed by atoms with E-state index in [-0.39, 0.29) is 5.91 Å². The van der Waals surface area contributed by atoms with Crippen LogP contribution in [0.15, 0.2) is 28.7 Å². The van der Waals surface area contributed by atoms with Crippen LogP contribution in [0.1, 0.15) is 37.7 Å². The van der Waals surface area contributed by atoms with Gasteiger partial charge in [-0.2, -0.15) is 0 Å². The number of amides is 1. The van der Waals surface area contributed by atoms with Crippen molar-refractivity contribution in [2.45, 2.75) is 44.6 Å². The minimum absolute atomic E-state index is 0.177. The largest absolute Gasteiger partial charge is 0.385 e. The minimum Gasteiger partial charge on any atom is -0.385 e. The Hall–Kier alpha value is -0.910. The maximum Gasteiger partial charge on any atom is 0.220 e. The van der Waals surface area contributed by atoms with E-state index in [9.17, 15) is 4.79 Å². The summed E-state index contributed by atoms with van der Waals surface area (Å²) in [7, 11) is 1.75. The molecule has 1 amide bonds. The molecule has 0 spiro atoms.